The van der Waals surface area contributed by atoms with Gasteiger partial charge in [-0.15, -0.1) is 24.0 Å². The van der Waals surface area contributed by atoms with Crippen molar-refractivity contribution in [2.45, 2.75) is 37.9 Å². The summed E-state index contributed by atoms with van der Waals surface area (Å²) in [5.41, 5.74) is 0. The van der Waals surface area contributed by atoms with Gasteiger partial charge in [-0.3, -0.25) is 4.99 Å². The van der Waals surface area contributed by atoms with E-state index >= 15 is 0 Å². The second-order valence-corrected chi connectivity index (χ2v) is 7.54. The molecule has 3 nitrogen and oxygen atoms in total. The fourth-order valence-electron chi connectivity index (χ4n) is 2.32. The van der Waals surface area contributed by atoms with Gasteiger partial charge >= 0.3 is 0 Å². The molecule has 0 amide bonds. The molecule has 5 heteroatoms. The molecule has 1 saturated carbocycles. The minimum atomic E-state index is 0. The summed E-state index contributed by atoms with van der Waals surface area (Å²) < 4.78 is 0.354. The average Bonchev–Trinajstić information content (AvgIpc) is 3.07. The third-order valence-corrected chi connectivity index (χ3v) is 4.77. The van der Waals surface area contributed by atoms with Gasteiger partial charge < -0.3 is 10.2 Å². The molecule has 0 unspecified atom stereocenters. The van der Waals surface area contributed by atoms with Crippen molar-refractivity contribution < 1.29 is 0 Å². The zero-order valence-corrected chi connectivity index (χ0v) is 14.9. The maximum absolute atomic E-state index is 4.42. The molecular formula is C13H26IN3S. The van der Waals surface area contributed by atoms with Crippen LogP contribution in [0.1, 0.15) is 33.1 Å². The van der Waals surface area contributed by atoms with Crippen LogP contribution >= 0.6 is 35.7 Å². The van der Waals surface area contributed by atoms with Crippen LogP contribution < -0.4 is 5.32 Å². The Morgan fingerprint density at radius 2 is 2.17 bits per heavy atom. The molecule has 1 aliphatic carbocycles. The number of aliphatic imine (C=N–C) groups is 1. The summed E-state index contributed by atoms with van der Waals surface area (Å²) in [6.07, 6.45) is 4.19. The van der Waals surface area contributed by atoms with Crippen molar-refractivity contribution in [2.24, 2.45) is 10.9 Å². The van der Waals surface area contributed by atoms with Crippen LogP contribution in [0.4, 0.5) is 0 Å². The molecule has 0 aromatic heterocycles. The van der Waals surface area contributed by atoms with Crippen LogP contribution in [-0.4, -0.2) is 48.0 Å². The second kappa shape index (κ2) is 7.22. The van der Waals surface area contributed by atoms with Gasteiger partial charge in [0.15, 0.2) is 5.96 Å². The van der Waals surface area contributed by atoms with E-state index in [0.717, 1.165) is 31.5 Å². The predicted octanol–water partition coefficient (Wildman–Crippen LogP) is 2.81. The number of guanidine groups is 1. The van der Waals surface area contributed by atoms with Gasteiger partial charge in [-0.25, -0.2) is 0 Å². The molecular weight excluding hydrogens is 357 g/mol. The molecule has 2 rings (SSSR count). The van der Waals surface area contributed by atoms with Crippen LogP contribution in [0, 0.1) is 5.92 Å². The van der Waals surface area contributed by atoms with E-state index in [0.29, 0.717) is 4.75 Å². The molecule has 0 spiro atoms. The van der Waals surface area contributed by atoms with Crippen LogP contribution in [0.25, 0.3) is 0 Å². The number of hydrogen-bond donors (Lipinski definition) is 1. The Morgan fingerprint density at radius 3 is 2.72 bits per heavy atom. The maximum Gasteiger partial charge on any atom is 0.193 e. The van der Waals surface area contributed by atoms with Gasteiger partial charge in [0, 0.05) is 37.2 Å². The molecule has 0 aromatic rings. The molecule has 1 N–H and O–H groups in total. The first-order valence-electron chi connectivity index (χ1n) is 6.70. The second-order valence-electron chi connectivity index (χ2n) is 5.74. The summed E-state index contributed by atoms with van der Waals surface area (Å²) in [6, 6.07) is 0. The number of halogens is 1. The molecule has 18 heavy (non-hydrogen) atoms. The third-order valence-electron chi connectivity index (χ3n) is 3.47. The van der Waals surface area contributed by atoms with Crippen molar-refractivity contribution in [1.29, 1.82) is 0 Å². The van der Waals surface area contributed by atoms with E-state index in [4.69, 9.17) is 0 Å². The van der Waals surface area contributed by atoms with Crippen molar-refractivity contribution in [3.63, 3.8) is 0 Å². The number of thioether (sulfide) groups is 1. The van der Waals surface area contributed by atoms with Crippen molar-refractivity contribution in [3.8, 4) is 0 Å². The number of nitrogens with one attached hydrogen (secondary N) is 1. The van der Waals surface area contributed by atoms with E-state index < -0.39 is 0 Å². The lowest BCUT2D eigenvalue weighted by molar-refractivity contribution is 0.375. The minimum Gasteiger partial charge on any atom is -0.356 e. The minimum absolute atomic E-state index is 0. The summed E-state index contributed by atoms with van der Waals surface area (Å²) in [5, 5.41) is 3.51. The lowest BCUT2D eigenvalue weighted by Gasteiger charge is -2.39. The lowest BCUT2D eigenvalue weighted by Crippen LogP contribution is -2.51. The first-order valence-corrected chi connectivity index (χ1v) is 7.69. The summed E-state index contributed by atoms with van der Waals surface area (Å²) in [4.78, 5) is 6.82. The number of hydrogen-bond acceptors (Lipinski definition) is 2. The summed E-state index contributed by atoms with van der Waals surface area (Å²) in [7, 11) is 1.90. The normalized spacial score (nSPS) is 23.5. The van der Waals surface area contributed by atoms with Gasteiger partial charge in [-0.1, -0.05) is 12.8 Å². The first-order chi connectivity index (χ1) is 8.11. The Bertz CT molecular complexity index is 290. The fourth-order valence-corrected chi connectivity index (χ4v) is 3.44. The molecule has 0 radical (unpaired) electrons. The third kappa shape index (κ3) is 5.15. The SMILES string of the molecule is CN=C(NCCC1CC1)N1CCSC(C)(C)C1.I. The summed E-state index contributed by atoms with van der Waals surface area (Å²) in [5.74, 6) is 3.30. The monoisotopic (exact) mass is 383 g/mol. The zero-order valence-electron chi connectivity index (χ0n) is 11.7. The van der Waals surface area contributed by atoms with Crippen molar-refractivity contribution in [2.75, 3.05) is 32.4 Å². The first kappa shape index (κ1) is 16.4. The molecule has 0 atom stereocenters. The van der Waals surface area contributed by atoms with E-state index in [2.05, 4.69) is 40.8 Å². The Balaban J connectivity index is 0.00000162. The Hall–Kier alpha value is 0.350. The predicted molar refractivity (Wildman–Crippen MR) is 92.2 cm³/mol. The van der Waals surface area contributed by atoms with E-state index in [9.17, 15) is 0 Å². The molecule has 1 aliphatic heterocycles. The topological polar surface area (TPSA) is 27.6 Å². The molecule has 2 fully saturated rings. The van der Waals surface area contributed by atoms with Gasteiger partial charge in [0.25, 0.3) is 0 Å². The molecule has 1 heterocycles. The highest BCUT2D eigenvalue weighted by Gasteiger charge is 2.28. The summed E-state index contributed by atoms with van der Waals surface area (Å²) in [6.45, 7) is 7.95. The highest BCUT2D eigenvalue weighted by atomic mass is 127. The van der Waals surface area contributed by atoms with Crippen LogP contribution in [-0.2, 0) is 0 Å². The standard InChI is InChI=1S/C13H25N3S.HI/c1-13(2)10-16(8-9-17-13)12(14-3)15-7-6-11-4-5-11;/h11H,4-10H2,1-3H3,(H,14,15);1H. The largest absolute Gasteiger partial charge is 0.356 e. The smallest absolute Gasteiger partial charge is 0.193 e. The molecule has 0 aromatic carbocycles. The molecule has 2 aliphatic rings. The van der Waals surface area contributed by atoms with Crippen molar-refractivity contribution in [1.82, 2.24) is 10.2 Å². The Morgan fingerprint density at radius 1 is 1.44 bits per heavy atom. The molecule has 106 valence electrons. The van der Waals surface area contributed by atoms with Crippen LogP contribution in [0.5, 0.6) is 0 Å². The van der Waals surface area contributed by atoms with Crippen LogP contribution in [0.2, 0.25) is 0 Å². The van der Waals surface area contributed by atoms with Crippen molar-refractivity contribution in [3.05, 3.63) is 0 Å². The van der Waals surface area contributed by atoms with Crippen LogP contribution in [0.3, 0.4) is 0 Å². The van der Waals surface area contributed by atoms with Gasteiger partial charge in [-0.05, 0) is 26.2 Å². The van der Waals surface area contributed by atoms with Gasteiger partial charge in [-0.2, -0.15) is 11.8 Å². The van der Waals surface area contributed by atoms with E-state index in [1.54, 1.807) is 0 Å². The highest BCUT2D eigenvalue weighted by Crippen LogP contribution is 2.32. The quantitative estimate of drug-likeness (QED) is 0.462. The van der Waals surface area contributed by atoms with Gasteiger partial charge in [0.1, 0.15) is 0 Å². The van der Waals surface area contributed by atoms with E-state index in [-0.39, 0.29) is 24.0 Å². The van der Waals surface area contributed by atoms with Crippen LogP contribution in [0.15, 0.2) is 4.99 Å². The Labute approximate surface area is 133 Å². The number of nitrogens with zero attached hydrogens (tertiary/aromatic N) is 2. The number of rotatable bonds is 3. The fraction of sp³-hybridized carbons (Fsp3) is 0.923. The summed E-state index contributed by atoms with van der Waals surface area (Å²) >= 11 is 2.07. The van der Waals surface area contributed by atoms with E-state index in [1.807, 2.05) is 7.05 Å². The molecule has 1 saturated heterocycles. The Kier molecular flexibility index (Phi) is 6.58. The maximum atomic E-state index is 4.42. The highest BCUT2D eigenvalue weighted by molar-refractivity contribution is 14.0. The zero-order chi connectivity index (χ0) is 12.3. The van der Waals surface area contributed by atoms with E-state index in [1.165, 1.54) is 25.0 Å². The molecule has 0 bridgehead atoms. The van der Waals surface area contributed by atoms with Gasteiger partial charge in [0.2, 0.25) is 0 Å². The average molecular weight is 383 g/mol. The lowest BCUT2D eigenvalue weighted by atomic mass is 10.2. The van der Waals surface area contributed by atoms with Crippen molar-refractivity contribution >= 4 is 41.7 Å². The van der Waals surface area contributed by atoms with Gasteiger partial charge in [0.05, 0.1) is 0 Å².